The zero-order chi connectivity index (χ0) is 14.0. The van der Waals surface area contributed by atoms with Crippen LogP contribution in [0.2, 0.25) is 0 Å². The molecule has 0 atom stereocenters. The molecule has 102 valence electrons. The fourth-order valence-electron chi connectivity index (χ4n) is 1.71. The van der Waals surface area contributed by atoms with Gasteiger partial charge >= 0.3 is 5.97 Å². The molecule has 1 aromatic heterocycles. The van der Waals surface area contributed by atoms with E-state index in [4.69, 9.17) is 5.11 Å². The average Bonchev–Trinajstić information content (AvgIpc) is 2.79. The lowest BCUT2D eigenvalue weighted by Crippen LogP contribution is -2.50. The topological polar surface area (TPSA) is 109 Å². The Labute approximate surface area is 108 Å². The van der Waals surface area contributed by atoms with Crippen LogP contribution in [0.15, 0.2) is 6.20 Å². The van der Waals surface area contributed by atoms with Crippen LogP contribution < -0.4 is 0 Å². The second kappa shape index (κ2) is 5.04. The summed E-state index contributed by atoms with van der Waals surface area (Å²) >= 11 is 0. The molecule has 0 saturated carbocycles. The number of aromatic nitrogens is 3. The molecule has 1 aliphatic rings. The van der Waals surface area contributed by atoms with Crippen molar-refractivity contribution < 1.29 is 19.5 Å². The van der Waals surface area contributed by atoms with E-state index in [1.54, 1.807) is 11.9 Å². The molecular formula is C10H13N5O4. The number of carbonyl (C=O) groups is 3. The molecule has 2 heterocycles. The summed E-state index contributed by atoms with van der Waals surface area (Å²) in [6.07, 6.45) is 1.26. The van der Waals surface area contributed by atoms with E-state index in [1.165, 1.54) is 11.1 Å². The third-order valence-electron chi connectivity index (χ3n) is 2.80. The molecule has 0 radical (unpaired) electrons. The third-order valence-corrected chi connectivity index (χ3v) is 2.80. The van der Waals surface area contributed by atoms with Gasteiger partial charge in [-0.05, 0) is 0 Å². The fourth-order valence-corrected chi connectivity index (χ4v) is 1.71. The number of rotatable bonds is 3. The maximum absolute atomic E-state index is 12.0. The molecule has 9 heteroatoms. The van der Waals surface area contributed by atoms with E-state index in [1.807, 2.05) is 0 Å². The second-order valence-electron chi connectivity index (χ2n) is 4.24. The van der Waals surface area contributed by atoms with Crippen LogP contribution in [0.1, 0.15) is 10.5 Å². The molecule has 0 spiro atoms. The van der Waals surface area contributed by atoms with Gasteiger partial charge in [-0.1, -0.05) is 5.21 Å². The van der Waals surface area contributed by atoms with Gasteiger partial charge in [0.2, 0.25) is 5.91 Å². The minimum atomic E-state index is -1.07. The molecule has 1 saturated heterocycles. The van der Waals surface area contributed by atoms with E-state index >= 15 is 0 Å². The Bertz CT molecular complexity index is 526. The number of aliphatic carboxylic acids is 1. The minimum Gasteiger partial charge on any atom is -0.480 e. The van der Waals surface area contributed by atoms with E-state index in [9.17, 15) is 14.4 Å². The van der Waals surface area contributed by atoms with Crippen LogP contribution >= 0.6 is 0 Å². The number of likely N-dealkylation sites (N-methyl/N-ethyl adjacent to an activating group) is 1. The van der Waals surface area contributed by atoms with Crippen LogP contribution in [0.25, 0.3) is 0 Å². The van der Waals surface area contributed by atoms with E-state index < -0.39 is 11.9 Å². The maximum Gasteiger partial charge on any atom is 0.325 e. The molecular weight excluding hydrogens is 254 g/mol. The highest BCUT2D eigenvalue weighted by molar-refractivity contribution is 5.95. The molecule has 1 aromatic rings. The summed E-state index contributed by atoms with van der Waals surface area (Å²) in [7, 11) is 1.67. The Balaban J connectivity index is 2.05. The Morgan fingerprint density at radius 2 is 2.16 bits per heavy atom. The van der Waals surface area contributed by atoms with Crippen molar-refractivity contribution in [3.63, 3.8) is 0 Å². The number of nitrogens with zero attached hydrogens (tertiary/aromatic N) is 5. The van der Waals surface area contributed by atoms with Crippen LogP contribution in [-0.2, 0) is 16.1 Å². The number of piperazine rings is 1. The van der Waals surface area contributed by atoms with Crippen molar-refractivity contribution in [2.45, 2.75) is 6.54 Å². The molecule has 1 N–H and O–H groups in total. The smallest absolute Gasteiger partial charge is 0.325 e. The molecule has 1 aliphatic heterocycles. The van der Waals surface area contributed by atoms with Gasteiger partial charge in [-0.25, -0.2) is 4.68 Å². The summed E-state index contributed by atoms with van der Waals surface area (Å²) in [5.41, 5.74) is 0.0404. The Hall–Kier alpha value is -2.45. The van der Waals surface area contributed by atoms with Crippen LogP contribution in [0, 0.1) is 0 Å². The molecule has 9 nitrogen and oxygen atoms in total. The first-order chi connectivity index (χ1) is 8.97. The highest BCUT2D eigenvalue weighted by atomic mass is 16.4. The maximum atomic E-state index is 12.0. The van der Waals surface area contributed by atoms with Gasteiger partial charge in [-0.3, -0.25) is 14.4 Å². The van der Waals surface area contributed by atoms with Gasteiger partial charge < -0.3 is 14.9 Å². The molecule has 1 fully saturated rings. The van der Waals surface area contributed by atoms with Crippen LogP contribution in [-0.4, -0.2) is 74.4 Å². The van der Waals surface area contributed by atoms with Gasteiger partial charge in [0.1, 0.15) is 13.1 Å². The predicted octanol–water partition coefficient (Wildman–Crippen LogP) is -1.72. The van der Waals surface area contributed by atoms with Gasteiger partial charge in [0.15, 0.2) is 5.69 Å². The van der Waals surface area contributed by atoms with Gasteiger partial charge in [0, 0.05) is 20.1 Å². The van der Waals surface area contributed by atoms with Gasteiger partial charge in [-0.15, -0.1) is 5.10 Å². The molecule has 2 amide bonds. The first kappa shape index (κ1) is 13.0. The Kier molecular flexibility index (Phi) is 3.45. The highest BCUT2D eigenvalue weighted by Crippen LogP contribution is 2.06. The summed E-state index contributed by atoms with van der Waals surface area (Å²) in [5.74, 6) is -1.63. The molecule has 0 unspecified atom stereocenters. The number of hydrogen-bond donors (Lipinski definition) is 1. The summed E-state index contributed by atoms with van der Waals surface area (Å²) in [6, 6.07) is 0. The molecule has 19 heavy (non-hydrogen) atoms. The summed E-state index contributed by atoms with van der Waals surface area (Å²) in [5, 5.41) is 15.8. The standard InChI is InChI=1S/C10H13N5O4/c1-13-2-3-14(5-8(13)16)10(19)7-4-15(12-11-7)6-9(17)18/h4H,2-3,5-6H2,1H3,(H,17,18). The monoisotopic (exact) mass is 267 g/mol. The lowest BCUT2D eigenvalue weighted by Gasteiger charge is -2.31. The lowest BCUT2D eigenvalue weighted by molar-refractivity contribution is -0.138. The van der Waals surface area contributed by atoms with Crippen molar-refractivity contribution in [2.24, 2.45) is 0 Å². The van der Waals surface area contributed by atoms with Crippen molar-refractivity contribution in [3.05, 3.63) is 11.9 Å². The van der Waals surface area contributed by atoms with Gasteiger partial charge in [0.05, 0.1) is 6.20 Å². The van der Waals surface area contributed by atoms with Crippen LogP contribution in [0.3, 0.4) is 0 Å². The van der Waals surface area contributed by atoms with Crippen molar-refractivity contribution in [3.8, 4) is 0 Å². The van der Waals surface area contributed by atoms with E-state index in [0.717, 1.165) is 4.68 Å². The second-order valence-corrected chi connectivity index (χ2v) is 4.24. The van der Waals surface area contributed by atoms with E-state index in [-0.39, 0.29) is 24.7 Å². The number of carboxylic acid groups (broad SMARTS) is 1. The zero-order valence-corrected chi connectivity index (χ0v) is 10.3. The zero-order valence-electron chi connectivity index (χ0n) is 10.3. The molecule has 0 bridgehead atoms. The minimum absolute atomic E-state index is 0.00111. The normalized spacial score (nSPS) is 15.7. The first-order valence-corrected chi connectivity index (χ1v) is 5.62. The van der Waals surface area contributed by atoms with Crippen molar-refractivity contribution in [1.82, 2.24) is 24.8 Å². The molecule has 0 aromatic carbocycles. The van der Waals surface area contributed by atoms with Crippen molar-refractivity contribution >= 4 is 17.8 Å². The summed E-state index contributed by atoms with van der Waals surface area (Å²) in [6.45, 7) is 0.532. The largest absolute Gasteiger partial charge is 0.480 e. The average molecular weight is 267 g/mol. The lowest BCUT2D eigenvalue weighted by atomic mass is 10.3. The van der Waals surface area contributed by atoms with Crippen molar-refractivity contribution in [1.29, 1.82) is 0 Å². The van der Waals surface area contributed by atoms with E-state index in [2.05, 4.69) is 10.3 Å². The Morgan fingerprint density at radius 1 is 1.42 bits per heavy atom. The number of amides is 2. The van der Waals surface area contributed by atoms with E-state index in [0.29, 0.717) is 13.1 Å². The summed E-state index contributed by atoms with van der Waals surface area (Å²) < 4.78 is 1.06. The van der Waals surface area contributed by atoms with Crippen molar-refractivity contribution in [2.75, 3.05) is 26.7 Å². The molecule has 2 rings (SSSR count). The first-order valence-electron chi connectivity index (χ1n) is 5.62. The van der Waals surface area contributed by atoms with Gasteiger partial charge in [-0.2, -0.15) is 0 Å². The Morgan fingerprint density at radius 3 is 2.79 bits per heavy atom. The number of carboxylic acids is 1. The fraction of sp³-hybridized carbons (Fsp3) is 0.500. The number of hydrogen-bond acceptors (Lipinski definition) is 5. The van der Waals surface area contributed by atoms with Crippen LogP contribution in [0.4, 0.5) is 0 Å². The van der Waals surface area contributed by atoms with Gasteiger partial charge in [0.25, 0.3) is 5.91 Å². The summed E-state index contributed by atoms with van der Waals surface area (Å²) in [4.78, 5) is 37.0. The third kappa shape index (κ3) is 2.87. The number of carbonyl (C=O) groups excluding carboxylic acids is 2. The highest BCUT2D eigenvalue weighted by Gasteiger charge is 2.27. The SMILES string of the molecule is CN1CCN(C(=O)c2cn(CC(=O)O)nn2)CC1=O. The molecule has 0 aliphatic carbocycles. The quantitative estimate of drug-likeness (QED) is 0.697. The van der Waals surface area contributed by atoms with Crippen LogP contribution in [0.5, 0.6) is 0 Å². The predicted molar refractivity (Wildman–Crippen MR) is 61.2 cm³/mol.